The molecule has 0 unspecified atom stereocenters. The van der Waals surface area contributed by atoms with E-state index in [1.165, 1.54) is 12.8 Å². The molecule has 0 N–H and O–H groups in total. The lowest BCUT2D eigenvalue weighted by atomic mass is 9.69. The van der Waals surface area contributed by atoms with Crippen LogP contribution in [0.15, 0.2) is 0 Å². The van der Waals surface area contributed by atoms with Crippen molar-refractivity contribution < 1.29 is 32.6 Å². The molecule has 25 heavy (non-hydrogen) atoms. The molecule has 2 rings (SSSR count). The Balaban J connectivity index is 1.92. The smallest absolute Gasteiger partial charge is 0.354 e. The maximum Gasteiger partial charge on any atom is 0.354 e. The molecule has 2 aliphatic carbocycles. The van der Waals surface area contributed by atoms with Crippen LogP contribution in [0.1, 0.15) is 64.2 Å². The van der Waals surface area contributed by atoms with E-state index < -0.39 is 17.8 Å². The maximum absolute atomic E-state index is 13.7. The average molecular weight is 382 g/mol. The molecule has 0 spiro atoms. The Morgan fingerprint density at radius 2 is 1.56 bits per heavy atom. The number of ether oxygens (including phenoxy) is 1. The first-order valence-electron chi connectivity index (χ1n) is 9.13. The quantitative estimate of drug-likeness (QED) is 0.183. The molecule has 0 bridgehead atoms. The van der Waals surface area contributed by atoms with Crippen LogP contribution < -0.4 is 0 Å². The van der Waals surface area contributed by atoms with Gasteiger partial charge in [-0.1, -0.05) is 43.6 Å². The zero-order chi connectivity index (χ0) is 18.1. The molecule has 8 heteroatoms. The fourth-order valence-corrected chi connectivity index (χ4v) is 4.41. The van der Waals surface area contributed by atoms with Crippen molar-refractivity contribution in [1.82, 2.24) is 0 Å². The molecular formula is C17H28F2O5S. The Morgan fingerprint density at radius 3 is 2.04 bits per heavy atom. The summed E-state index contributed by atoms with van der Waals surface area (Å²) in [6, 6.07) is 0. The van der Waals surface area contributed by atoms with E-state index >= 15 is 0 Å². The first-order chi connectivity index (χ1) is 12.0. The topological polar surface area (TPSA) is 54.0 Å². The lowest BCUT2D eigenvalue weighted by molar-refractivity contribution is -0.448. The lowest BCUT2D eigenvalue weighted by Crippen LogP contribution is -2.36. The number of alkyl halides is 2. The summed E-state index contributed by atoms with van der Waals surface area (Å²) >= 11 is -0.230. The highest BCUT2D eigenvalue weighted by atomic mass is 32.2. The molecule has 146 valence electrons. The summed E-state index contributed by atoms with van der Waals surface area (Å²) in [5, 5.41) is 0.565. The van der Waals surface area contributed by atoms with Crippen LogP contribution in [-0.2, 0) is 23.8 Å². The molecule has 0 radical (unpaired) electrons. The molecule has 0 aromatic carbocycles. The van der Waals surface area contributed by atoms with Gasteiger partial charge in [-0.2, -0.15) is 8.78 Å². The summed E-state index contributed by atoms with van der Waals surface area (Å²) in [6.45, 7) is -1.03. The van der Waals surface area contributed by atoms with Crippen molar-refractivity contribution in [3.63, 3.8) is 0 Å². The number of carbonyl (C=O) groups excluding carboxylic acids is 1. The molecule has 2 aliphatic rings. The molecule has 2 saturated carbocycles. The Labute approximate surface area is 152 Å². The summed E-state index contributed by atoms with van der Waals surface area (Å²) in [5.74, 6) is -0.207. The van der Waals surface area contributed by atoms with Crippen LogP contribution in [0.5, 0.6) is 0 Å². The summed E-state index contributed by atoms with van der Waals surface area (Å²) in [5.41, 5.74) is 0. The van der Waals surface area contributed by atoms with Crippen molar-refractivity contribution in [1.29, 1.82) is 0 Å². The van der Waals surface area contributed by atoms with Crippen LogP contribution in [0.2, 0.25) is 0 Å². The van der Waals surface area contributed by atoms with Crippen molar-refractivity contribution in [2.45, 2.75) is 69.5 Å². The molecule has 0 aromatic rings. The third kappa shape index (κ3) is 7.00. The first kappa shape index (κ1) is 20.9. The minimum Gasteiger partial charge on any atom is -0.458 e. The molecule has 5 nitrogen and oxygen atoms in total. The molecule has 0 aromatic heterocycles. The van der Waals surface area contributed by atoms with Crippen LogP contribution in [-0.4, -0.2) is 24.9 Å². The van der Waals surface area contributed by atoms with Crippen molar-refractivity contribution >= 4 is 18.0 Å². The molecule has 2 fully saturated rings. The minimum atomic E-state index is -3.39. The summed E-state index contributed by atoms with van der Waals surface area (Å²) in [6.07, 6.45) is 10.8. The van der Waals surface area contributed by atoms with Gasteiger partial charge in [0.15, 0.2) is 6.61 Å². The van der Waals surface area contributed by atoms with Crippen LogP contribution in [0.4, 0.5) is 8.78 Å². The fourth-order valence-electron chi connectivity index (χ4n) is 4.12. The van der Waals surface area contributed by atoms with Crippen molar-refractivity contribution in [3.05, 3.63) is 0 Å². The van der Waals surface area contributed by atoms with E-state index in [0.29, 0.717) is 0 Å². The molecule has 0 atom stereocenters. The number of hydrogen-bond acceptors (Lipinski definition) is 6. The average Bonchev–Trinajstić information content (AvgIpc) is 2.62. The number of hydrogen-bond donors (Lipinski definition) is 0. The summed E-state index contributed by atoms with van der Waals surface area (Å²) < 4.78 is 36.5. The van der Waals surface area contributed by atoms with E-state index in [9.17, 15) is 13.6 Å². The highest BCUT2D eigenvalue weighted by Crippen LogP contribution is 2.41. The van der Waals surface area contributed by atoms with Gasteiger partial charge >= 0.3 is 11.2 Å². The van der Waals surface area contributed by atoms with Gasteiger partial charge in [0.1, 0.15) is 12.0 Å². The zero-order valence-electron chi connectivity index (χ0n) is 14.7. The van der Waals surface area contributed by atoms with Crippen LogP contribution in [0.3, 0.4) is 0 Å². The SMILES string of the molecule is COOOSC(F)(F)COC(=O)C(C1CCCCC1)C1CCCCC1. The molecule has 0 aliphatic heterocycles. The zero-order valence-corrected chi connectivity index (χ0v) is 15.5. The normalized spacial score (nSPS) is 20.8. The Bertz CT molecular complexity index is 380. The Morgan fingerprint density at radius 1 is 1.04 bits per heavy atom. The Hall–Kier alpha value is -0.440. The number of esters is 1. The van der Waals surface area contributed by atoms with E-state index in [2.05, 4.69) is 14.3 Å². The lowest BCUT2D eigenvalue weighted by Gasteiger charge is -2.36. The van der Waals surface area contributed by atoms with E-state index in [-0.39, 0.29) is 29.8 Å². The monoisotopic (exact) mass is 382 g/mol. The van der Waals surface area contributed by atoms with Crippen LogP contribution in [0, 0.1) is 17.8 Å². The number of carbonyl (C=O) groups is 1. The number of rotatable bonds is 9. The summed E-state index contributed by atoms with van der Waals surface area (Å²) in [4.78, 5) is 16.7. The summed E-state index contributed by atoms with van der Waals surface area (Å²) in [7, 11) is 1.14. The van der Waals surface area contributed by atoms with Crippen molar-refractivity contribution in [2.75, 3.05) is 13.7 Å². The van der Waals surface area contributed by atoms with Gasteiger partial charge in [0.05, 0.1) is 13.0 Å². The Kier molecular flexibility index (Phi) is 8.89. The number of halogens is 2. The predicted octanol–water partition coefficient (Wildman–Crippen LogP) is 5.06. The highest BCUT2D eigenvalue weighted by Gasteiger charge is 2.40. The first-order valence-corrected chi connectivity index (χ1v) is 9.87. The molecule has 0 amide bonds. The minimum absolute atomic E-state index is 0.230. The third-order valence-electron chi connectivity index (χ3n) is 5.22. The highest BCUT2D eigenvalue weighted by molar-refractivity contribution is 7.95. The second-order valence-electron chi connectivity index (χ2n) is 6.95. The third-order valence-corrected chi connectivity index (χ3v) is 5.71. The van der Waals surface area contributed by atoms with Gasteiger partial charge in [0.25, 0.3) is 0 Å². The second kappa shape index (κ2) is 10.6. The van der Waals surface area contributed by atoms with Crippen molar-refractivity contribution in [2.24, 2.45) is 17.8 Å². The van der Waals surface area contributed by atoms with Gasteiger partial charge in [-0.15, -0.1) is 4.33 Å². The van der Waals surface area contributed by atoms with E-state index in [1.807, 2.05) is 0 Å². The van der Waals surface area contributed by atoms with Gasteiger partial charge in [-0.3, -0.25) is 4.79 Å². The standard InChI is InChI=1S/C17H28F2O5S/c1-21-23-24-25-17(18,19)12-22-16(20)15(13-8-4-2-5-9-13)14-10-6-3-7-11-14/h13-15H,2-12H2,1H3. The fraction of sp³-hybridized carbons (Fsp3) is 0.941. The predicted molar refractivity (Wildman–Crippen MR) is 89.3 cm³/mol. The van der Waals surface area contributed by atoms with E-state index in [4.69, 9.17) is 4.74 Å². The van der Waals surface area contributed by atoms with Crippen LogP contribution >= 0.6 is 12.0 Å². The van der Waals surface area contributed by atoms with Crippen molar-refractivity contribution in [3.8, 4) is 0 Å². The molecule has 0 heterocycles. The van der Waals surface area contributed by atoms with E-state index in [1.54, 1.807) is 0 Å². The van der Waals surface area contributed by atoms with Gasteiger partial charge in [-0.25, -0.2) is 4.89 Å². The molecular weight excluding hydrogens is 354 g/mol. The van der Waals surface area contributed by atoms with Crippen LogP contribution in [0.25, 0.3) is 0 Å². The maximum atomic E-state index is 13.7. The van der Waals surface area contributed by atoms with Gasteiger partial charge in [-0.05, 0) is 37.5 Å². The van der Waals surface area contributed by atoms with E-state index in [0.717, 1.165) is 58.5 Å². The van der Waals surface area contributed by atoms with Gasteiger partial charge in [0, 0.05) is 0 Å². The second-order valence-corrected chi connectivity index (χ2v) is 7.85. The van der Waals surface area contributed by atoms with Gasteiger partial charge < -0.3 is 4.74 Å². The molecule has 0 saturated heterocycles. The largest absolute Gasteiger partial charge is 0.458 e. The van der Waals surface area contributed by atoms with Gasteiger partial charge in [0.2, 0.25) is 0 Å².